The predicted molar refractivity (Wildman–Crippen MR) is 76.4 cm³/mol. The zero-order valence-corrected chi connectivity index (χ0v) is 12.4. The lowest BCUT2D eigenvalue weighted by Crippen LogP contribution is -2.36. The first-order chi connectivity index (χ1) is 9.85. The van der Waals surface area contributed by atoms with Gasteiger partial charge >= 0.3 is 0 Å². The number of methoxy groups -OCH3 is 1. The largest absolute Gasteiger partial charge is 0.378 e. The van der Waals surface area contributed by atoms with Gasteiger partial charge in [0.2, 0.25) is 0 Å². The van der Waals surface area contributed by atoms with E-state index in [9.17, 15) is 0 Å². The first-order valence-electron chi connectivity index (χ1n) is 6.84. The molecule has 1 aliphatic heterocycles. The lowest BCUT2D eigenvalue weighted by molar-refractivity contribution is 0.160. The Morgan fingerprint density at radius 2 is 2.45 bits per heavy atom. The Morgan fingerprint density at radius 3 is 3.25 bits per heavy atom. The van der Waals surface area contributed by atoms with Crippen LogP contribution >= 0.6 is 11.3 Å². The van der Waals surface area contributed by atoms with Crippen LogP contribution in [0.15, 0.2) is 18.0 Å². The van der Waals surface area contributed by atoms with E-state index in [1.54, 1.807) is 24.8 Å². The van der Waals surface area contributed by atoms with Crippen molar-refractivity contribution in [3.8, 4) is 0 Å². The Morgan fingerprint density at radius 1 is 1.50 bits per heavy atom. The third-order valence-electron chi connectivity index (χ3n) is 3.54. The van der Waals surface area contributed by atoms with Crippen LogP contribution in [0, 0.1) is 0 Å². The molecular weight excluding hydrogens is 274 g/mol. The van der Waals surface area contributed by atoms with Crippen molar-refractivity contribution in [1.29, 1.82) is 0 Å². The standard InChI is InChI=1S/C13H19N5OS/c1-19-7-13-16-11(8-20-13)5-17-4-2-3-12(6-17)18-10-14-9-15-18/h8-10,12H,2-7H2,1H3. The van der Waals surface area contributed by atoms with Crippen molar-refractivity contribution in [2.45, 2.75) is 32.0 Å². The van der Waals surface area contributed by atoms with Gasteiger partial charge in [0.05, 0.1) is 18.3 Å². The van der Waals surface area contributed by atoms with Crippen LogP contribution in [0.25, 0.3) is 0 Å². The van der Waals surface area contributed by atoms with Crippen LogP contribution in [0.2, 0.25) is 0 Å². The van der Waals surface area contributed by atoms with Crippen molar-refractivity contribution in [1.82, 2.24) is 24.6 Å². The molecule has 1 fully saturated rings. The molecule has 1 unspecified atom stereocenters. The zero-order valence-electron chi connectivity index (χ0n) is 11.6. The molecule has 7 heteroatoms. The Hall–Kier alpha value is -1.31. The molecule has 1 atom stereocenters. The molecule has 6 nitrogen and oxygen atoms in total. The fourth-order valence-corrected chi connectivity index (χ4v) is 3.39. The van der Waals surface area contributed by atoms with Gasteiger partial charge in [-0.15, -0.1) is 11.3 Å². The minimum Gasteiger partial charge on any atom is -0.378 e. The van der Waals surface area contributed by atoms with Crippen molar-refractivity contribution in [2.24, 2.45) is 0 Å². The average Bonchev–Trinajstić information content (AvgIpc) is 3.11. The Kier molecular flexibility index (Phi) is 4.39. The van der Waals surface area contributed by atoms with Gasteiger partial charge in [-0.05, 0) is 19.4 Å². The summed E-state index contributed by atoms with van der Waals surface area (Å²) in [5, 5.41) is 7.44. The highest BCUT2D eigenvalue weighted by Gasteiger charge is 2.22. The maximum Gasteiger partial charge on any atom is 0.137 e. The van der Waals surface area contributed by atoms with Gasteiger partial charge in [-0.25, -0.2) is 14.6 Å². The molecule has 0 amide bonds. The molecule has 0 N–H and O–H groups in total. The van der Waals surface area contributed by atoms with Crippen LogP contribution in [-0.2, 0) is 17.9 Å². The normalized spacial score (nSPS) is 20.4. The van der Waals surface area contributed by atoms with E-state index in [0.717, 1.165) is 30.3 Å². The summed E-state index contributed by atoms with van der Waals surface area (Å²) in [7, 11) is 1.70. The Bertz CT molecular complexity index is 527. The lowest BCUT2D eigenvalue weighted by atomic mass is 10.1. The van der Waals surface area contributed by atoms with Crippen molar-refractivity contribution < 1.29 is 4.74 Å². The Labute approximate surface area is 122 Å². The SMILES string of the molecule is COCc1nc(CN2CCCC(n3cncn3)C2)cs1. The topological polar surface area (TPSA) is 56.1 Å². The van der Waals surface area contributed by atoms with E-state index in [1.807, 2.05) is 11.0 Å². The van der Waals surface area contributed by atoms with Crippen LogP contribution in [0.1, 0.15) is 29.6 Å². The molecular formula is C13H19N5OS. The summed E-state index contributed by atoms with van der Waals surface area (Å²) in [6.07, 6.45) is 5.79. The summed E-state index contributed by atoms with van der Waals surface area (Å²) in [5.41, 5.74) is 1.14. The number of ether oxygens (including phenoxy) is 1. The highest BCUT2D eigenvalue weighted by molar-refractivity contribution is 7.09. The smallest absolute Gasteiger partial charge is 0.137 e. The zero-order chi connectivity index (χ0) is 13.8. The molecule has 20 heavy (non-hydrogen) atoms. The van der Waals surface area contributed by atoms with Gasteiger partial charge in [-0.3, -0.25) is 4.90 Å². The molecule has 0 radical (unpaired) electrons. The van der Waals surface area contributed by atoms with Gasteiger partial charge in [0.15, 0.2) is 0 Å². The monoisotopic (exact) mass is 293 g/mol. The van der Waals surface area contributed by atoms with Crippen LogP contribution < -0.4 is 0 Å². The maximum atomic E-state index is 5.11. The summed E-state index contributed by atoms with van der Waals surface area (Å²) in [5.74, 6) is 0. The number of nitrogens with zero attached hydrogens (tertiary/aromatic N) is 5. The fourth-order valence-electron chi connectivity index (χ4n) is 2.64. The molecule has 0 aliphatic carbocycles. The van der Waals surface area contributed by atoms with Crippen LogP contribution in [0.4, 0.5) is 0 Å². The molecule has 0 saturated carbocycles. The molecule has 3 heterocycles. The molecule has 2 aromatic rings. The van der Waals surface area contributed by atoms with E-state index >= 15 is 0 Å². The second-order valence-electron chi connectivity index (χ2n) is 5.07. The number of rotatable bonds is 5. The van der Waals surface area contributed by atoms with Crippen LogP contribution in [0.3, 0.4) is 0 Å². The highest BCUT2D eigenvalue weighted by atomic mass is 32.1. The molecule has 0 bridgehead atoms. The number of thiazole rings is 1. The van der Waals surface area contributed by atoms with Crippen molar-refractivity contribution >= 4 is 11.3 Å². The van der Waals surface area contributed by atoms with E-state index in [2.05, 4.69) is 25.3 Å². The molecule has 2 aromatic heterocycles. The van der Waals surface area contributed by atoms with E-state index < -0.39 is 0 Å². The first kappa shape index (κ1) is 13.7. The minimum atomic E-state index is 0.434. The maximum absolute atomic E-state index is 5.11. The van der Waals surface area contributed by atoms with E-state index in [1.165, 1.54) is 12.8 Å². The quantitative estimate of drug-likeness (QED) is 0.840. The van der Waals surface area contributed by atoms with Crippen molar-refractivity contribution in [3.63, 3.8) is 0 Å². The third kappa shape index (κ3) is 3.23. The highest BCUT2D eigenvalue weighted by Crippen LogP contribution is 2.22. The molecule has 1 saturated heterocycles. The minimum absolute atomic E-state index is 0.434. The summed E-state index contributed by atoms with van der Waals surface area (Å²) in [4.78, 5) is 11.1. The lowest BCUT2D eigenvalue weighted by Gasteiger charge is -2.32. The van der Waals surface area contributed by atoms with Gasteiger partial charge in [-0.1, -0.05) is 0 Å². The van der Waals surface area contributed by atoms with E-state index in [-0.39, 0.29) is 0 Å². The summed E-state index contributed by atoms with van der Waals surface area (Å²) >= 11 is 1.67. The number of piperidine rings is 1. The number of hydrogen-bond donors (Lipinski definition) is 0. The molecule has 0 spiro atoms. The van der Waals surface area contributed by atoms with Gasteiger partial charge in [0.1, 0.15) is 17.7 Å². The second kappa shape index (κ2) is 6.43. The van der Waals surface area contributed by atoms with Crippen LogP contribution in [0.5, 0.6) is 0 Å². The summed E-state index contributed by atoms with van der Waals surface area (Å²) in [6.45, 7) is 3.65. The van der Waals surface area contributed by atoms with Gasteiger partial charge in [-0.2, -0.15) is 5.10 Å². The fraction of sp³-hybridized carbons (Fsp3) is 0.615. The molecule has 108 valence electrons. The molecule has 3 rings (SSSR count). The number of hydrogen-bond acceptors (Lipinski definition) is 6. The Balaban J connectivity index is 1.59. The predicted octanol–water partition coefficient (Wildman–Crippen LogP) is 1.72. The van der Waals surface area contributed by atoms with E-state index in [0.29, 0.717) is 12.6 Å². The van der Waals surface area contributed by atoms with Crippen molar-refractivity contribution in [2.75, 3.05) is 20.2 Å². The molecule has 0 aromatic carbocycles. The first-order valence-corrected chi connectivity index (χ1v) is 7.72. The number of likely N-dealkylation sites (tertiary alicyclic amines) is 1. The van der Waals surface area contributed by atoms with Gasteiger partial charge in [0, 0.05) is 25.6 Å². The van der Waals surface area contributed by atoms with Gasteiger partial charge in [0.25, 0.3) is 0 Å². The van der Waals surface area contributed by atoms with Crippen molar-refractivity contribution in [3.05, 3.63) is 28.7 Å². The molecule has 1 aliphatic rings. The average molecular weight is 293 g/mol. The second-order valence-corrected chi connectivity index (χ2v) is 6.01. The third-order valence-corrected chi connectivity index (χ3v) is 4.42. The van der Waals surface area contributed by atoms with E-state index in [4.69, 9.17) is 4.74 Å². The summed E-state index contributed by atoms with van der Waals surface area (Å²) < 4.78 is 7.09. The van der Waals surface area contributed by atoms with Gasteiger partial charge < -0.3 is 4.74 Å². The van der Waals surface area contributed by atoms with Crippen LogP contribution in [-0.4, -0.2) is 44.8 Å². The summed E-state index contributed by atoms with van der Waals surface area (Å²) in [6, 6.07) is 0.434. The number of aromatic nitrogens is 4.